The molecule has 3 saturated heterocycles. The summed E-state index contributed by atoms with van der Waals surface area (Å²) in [5.41, 5.74) is 6.41. The van der Waals surface area contributed by atoms with Crippen molar-refractivity contribution in [3.8, 4) is 0 Å². The first-order valence-electron chi connectivity index (χ1n) is 33.8. The van der Waals surface area contributed by atoms with Crippen LogP contribution in [0.1, 0.15) is 130 Å². The number of nitrogens with zero attached hydrogens (tertiary/aromatic N) is 5. The van der Waals surface area contributed by atoms with E-state index in [0.717, 1.165) is 7.11 Å². The van der Waals surface area contributed by atoms with Crippen molar-refractivity contribution in [3.05, 3.63) is 228 Å². The lowest BCUT2D eigenvalue weighted by atomic mass is 10.0. The minimum atomic E-state index is -5.03. The van der Waals surface area contributed by atoms with Crippen LogP contribution in [0.5, 0.6) is 0 Å². The van der Waals surface area contributed by atoms with Gasteiger partial charge in [0, 0.05) is 19.6 Å². The second-order valence-electron chi connectivity index (χ2n) is 25.2. The Hall–Kier alpha value is -9.80. The van der Waals surface area contributed by atoms with E-state index in [0.29, 0.717) is 66.2 Å². The zero-order chi connectivity index (χ0) is 86.0. The number of hydrogen-bond donors (Lipinski definition) is 7. The number of halogens is 22. The number of alkyl halides is 19. The number of morpholine rings is 3. The molecule has 23 nitrogen and oxygen atoms in total. The lowest BCUT2D eigenvalue weighted by Gasteiger charge is -2.41. The number of aromatic amines is 2. The summed E-state index contributed by atoms with van der Waals surface area (Å²) in [6.07, 6.45) is -38.6. The van der Waals surface area contributed by atoms with E-state index in [4.69, 9.17) is 51.5 Å². The van der Waals surface area contributed by atoms with Crippen LogP contribution in [0, 0.1) is 17.5 Å². The Morgan fingerprint density at radius 3 is 1.17 bits per heavy atom. The highest BCUT2D eigenvalue weighted by atomic mass is 35.5. The number of aromatic nitrogens is 3. The number of benzene rings is 6. The molecule has 1 aromatic heterocycles. The van der Waals surface area contributed by atoms with E-state index in [9.17, 15) is 107 Å². The highest BCUT2D eigenvalue weighted by Crippen LogP contribution is 2.44. The van der Waals surface area contributed by atoms with Gasteiger partial charge in [-0.1, -0.05) is 36.4 Å². The number of carbonyl (C=O) groups is 2. The first-order valence-corrected chi connectivity index (χ1v) is 34.4. The van der Waals surface area contributed by atoms with Gasteiger partial charge in [0.25, 0.3) is 0 Å². The normalized spacial score (nSPS) is 19.6. The molecule has 2 amide bonds. The number of amides is 2. The molecule has 116 heavy (non-hydrogen) atoms. The van der Waals surface area contributed by atoms with Gasteiger partial charge >= 0.3 is 54.9 Å². The molecule has 3 aliphatic rings. The van der Waals surface area contributed by atoms with Gasteiger partial charge in [-0.2, -0.15) is 94.3 Å². The van der Waals surface area contributed by atoms with Crippen LogP contribution in [0.15, 0.2) is 142 Å². The third-order valence-electron chi connectivity index (χ3n) is 16.9. The summed E-state index contributed by atoms with van der Waals surface area (Å²) in [6, 6.07) is 17.5. The van der Waals surface area contributed by atoms with Crippen molar-refractivity contribution < 1.29 is 140 Å². The van der Waals surface area contributed by atoms with E-state index < -0.39 is 161 Å². The maximum absolute atomic E-state index is 13.6. The number of hydrogen-bond acceptors (Lipinski definition) is 17. The van der Waals surface area contributed by atoms with Crippen molar-refractivity contribution in [3.63, 3.8) is 0 Å². The summed E-state index contributed by atoms with van der Waals surface area (Å²) in [4.78, 5) is 39.0. The molecule has 3 fully saturated rings. The topological polar surface area (TPSA) is 289 Å². The fourth-order valence-electron chi connectivity index (χ4n) is 11.3. The number of amidine groups is 2. The lowest BCUT2D eigenvalue weighted by molar-refractivity contribution is -0.231. The molecule has 7 aromatic rings. The number of ether oxygens (including phenoxy) is 8. The molecule has 0 bridgehead atoms. The number of rotatable bonds is 19. The van der Waals surface area contributed by atoms with Crippen molar-refractivity contribution in [2.45, 2.75) is 120 Å². The van der Waals surface area contributed by atoms with Gasteiger partial charge in [0.05, 0.1) is 123 Å². The molecule has 0 unspecified atom stereocenters. The fraction of sp³-hybridized carbons (Fsp3) is 0.408. The summed E-state index contributed by atoms with van der Waals surface area (Å²) in [5, 5.41) is 16.3. The molecule has 0 aliphatic carbocycles. The van der Waals surface area contributed by atoms with Crippen molar-refractivity contribution in [2.75, 3.05) is 66.1 Å². The Balaban J connectivity index is 0.000000228. The van der Waals surface area contributed by atoms with Crippen LogP contribution in [0.25, 0.3) is 0 Å². The van der Waals surface area contributed by atoms with Crippen LogP contribution in [0.3, 0.4) is 0 Å². The summed E-state index contributed by atoms with van der Waals surface area (Å²) in [7, 11) is 2.35. The van der Waals surface area contributed by atoms with E-state index in [1.54, 1.807) is 9.80 Å². The molecule has 10 rings (SSSR count). The van der Waals surface area contributed by atoms with E-state index in [-0.39, 0.29) is 97.7 Å². The summed E-state index contributed by atoms with van der Waals surface area (Å²) >= 11 is 5.23. The Morgan fingerprint density at radius 2 is 0.836 bits per heavy atom. The second-order valence-corrected chi connectivity index (χ2v) is 25.4. The number of carbonyl (C=O) groups excluding carboxylic acids is 2. The van der Waals surface area contributed by atoms with Crippen LogP contribution >= 0.6 is 11.6 Å². The average molecular weight is 1700 g/mol. The first-order chi connectivity index (χ1) is 54.1. The van der Waals surface area contributed by atoms with E-state index in [2.05, 4.69) is 45.6 Å². The maximum atomic E-state index is 13.6. The zero-order valence-corrected chi connectivity index (χ0v) is 61.6. The van der Waals surface area contributed by atoms with Gasteiger partial charge in [-0.15, -0.1) is 11.6 Å². The van der Waals surface area contributed by atoms with E-state index in [1.807, 2.05) is 5.43 Å². The van der Waals surface area contributed by atoms with Gasteiger partial charge in [0.15, 0.2) is 18.9 Å². The zero-order valence-electron chi connectivity index (χ0n) is 60.9. The Labute approximate surface area is 649 Å². The monoisotopic (exact) mass is 1700 g/mol. The predicted octanol–water partition coefficient (Wildman–Crippen LogP) is 15.4. The molecule has 9 N–H and O–H groups in total. The largest absolute Gasteiger partial charge is 0.452 e. The Kier molecular flexibility index (Phi) is 32.5. The molecular formula is C71H72ClF21N12O11. The summed E-state index contributed by atoms with van der Waals surface area (Å²) in [6.45, 7) is 5.34. The number of nitrogens with two attached hydrogens (primary N) is 2. The molecule has 6 aromatic carbocycles. The SMILES string of the molecule is COC(=O)N/N=C(\N)CCl.COC(=O)N/N=C(\N)CN1CCO[C@H](O[C@H](C)c2cc(C(F)(F)F)cc(C(F)(F)F)c2)[C@@H]1c1ccc(F)cc1.C[C@@H](O[C@H]1OCCN(Cc2n[nH]c(=O)[nH]2)[C@H]1c1ccc(F)cc1)c1cc(C(F)(F)F)cc(C(F)(F)F)c1.C[C@@H](O[C@H]1OCCN[C@H]1c1ccc(F)cc1)c1cc(C(F)(F)F)cc(C(F)(F)F)c1. The molecule has 0 spiro atoms. The molecule has 4 heterocycles. The third-order valence-corrected chi connectivity index (χ3v) is 17.2. The molecule has 3 aliphatic heterocycles. The fourth-order valence-corrected chi connectivity index (χ4v) is 11.4. The molecule has 9 atom stereocenters. The first kappa shape index (κ1) is 93.4. The number of methoxy groups -OCH3 is 2. The molecular weight excluding hydrogens is 1630 g/mol. The van der Waals surface area contributed by atoms with Gasteiger partial charge in [-0.3, -0.25) is 14.8 Å². The highest BCUT2D eigenvalue weighted by Gasteiger charge is 2.44. The quantitative estimate of drug-likeness (QED) is 0.0130. The van der Waals surface area contributed by atoms with Crippen molar-refractivity contribution in [1.82, 2.24) is 41.1 Å². The van der Waals surface area contributed by atoms with E-state index in [1.165, 1.54) is 101 Å². The van der Waals surface area contributed by atoms with Gasteiger partial charge in [-0.25, -0.2) is 43.5 Å². The maximum Gasteiger partial charge on any atom is 0.427 e. The summed E-state index contributed by atoms with van der Waals surface area (Å²) < 4.78 is 322. The molecule has 636 valence electrons. The Bertz CT molecular complexity index is 4380. The molecule has 0 radical (unpaired) electrons. The minimum Gasteiger partial charge on any atom is -0.452 e. The third kappa shape index (κ3) is 27.7. The van der Waals surface area contributed by atoms with Crippen molar-refractivity contribution in [2.24, 2.45) is 21.7 Å². The molecule has 45 heteroatoms. The number of nitrogens with one attached hydrogen (secondary N) is 5. The van der Waals surface area contributed by atoms with Gasteiger partial charge < -0.3 is 54.7 Å². The second kappa shape index (κ2) is 40.4. The van der Waals surface area contributed by atoms with Crippen molar-refractivity contribution in [1.29, 1.82) is 0 Å². The van der Waals surface area contributed by atoms with Crippen LogP contribution in [-0.4, -0.2) is 134 Å². The Morgan fingerprint density at radius 1 is 0.509 bits per heavy atom. The predicted molar refractivity (Wildman–Crippen MR) is 369 cm³/mol. The highest BCUT2D eigenvalue weighted by molar-refractivity contribution is 6.28. The average Bonchev–Trinajstić information content (AvgIpc) is 0.939. The van der Waals surface area contributed by atoms with Crippen LogP contribution in [0.2, 0.25) is 0 Å². The van der Waals surface area contributed by atoms with Gasteiger partial charge in [0.2, 0.25) is 0 Å². The van der Waals surface area contributed by atoms with Gasteiger partial charge in [-0.05, 0) is 145 Å². The van der Waals surface area contributed by atoms with Crippen LogP contribution in [0.4, 0.5) is 102 Å². The number of hydrazone groups is 2. The van der Waals surface area contributed by atoms with E-state index >= 15 is 0 Å². The minimum absolute atomic E-state index is 0.0286. The van der Waals surface area contributed by atoms with Crippen LogP contribution in [-0.2, 0) is 81.5 Å². The standard InChI is InChI=1S/C24H25F7N4O4.C23H21F7N4O3.C20H18F7NO2.C4H8ClN3O2/c1-13(15-9-16(23(26,27)28)11-17(10-15)24(29,30)31)39-21-20(14-3-5-18(25)6-4-14)35(7-8-38-21)12-19(32)33-34-22(36)37-2;1-12(14-8-15(22(25,26)27)10-16(9-14)23(28,29)30)37-20-19(13-2-4-17(24)5-3-13)34(6-7-36-20)11-18-31-21(35)33-32-18;1-11(13-8-14(19(22,23)24)10-15(9-13)20(25,26)27)30-18-17(28-6-7-29-18)12-2-4-16(21)5-3-12;1-10-4(9)8-7-3(6)2-5/h3-6,9-11,13,20-21H,7-8,12H2,1-2H3,(H2,32,33)(H,34,36);2-5,8-10,12,19-20H,6-7,11H2,1H3,(H2,31,32,33,35);2-5,8-11,17-18,28H,6-7H2,1H3;2H2,1H3,(H2,6,7)(H,8,9)/t13-,20+,21-;12-,19+,20-;11-,17+,18-;/m111./s1. The summed E-state index contributed by atoms with van der Waals surface area (Å²) in [5.74, 6) is -1.09. The van der Waals surface area contributed by atoms with Crippen LogP contribution < -0.4 is 33.3 Å². The smallest absolute Gasteiger partial charge is 0.427 e. The van der Waals surface area contributed by atoms with Crippen molar-refractivity contribution >= 4 is 35.5 Å². The van der Waals surface area contributed by atoms with Gasteiger partial charge in [0.1, 0.15) is 34.9 Å². The number of H-pyrrole nitrogens is 2. The lowest BCUT2D eigenvalue weighted by Crippen LogP contribution is -2.49. The molecule has 0 saturated carbocycles.